The van der Waals surface area contributed by atoms with E-state index in [9.17, 15) is 9.59 Å². The minimum absolute atomic E-state index is 0. The number of halogens is 1. The number of urea groups is 1. The minimum atomic E-state index is -0.252. The van der Waals surface area contributed by atoms with Gasteiger partial charge in [0, 0.05) is 36.4 Å². The summed E-state index contributed by atoms with van der Waals surface area (Å²) in [6.45, 7) is 5.06. The quantitative estimate of drug-likeness (QED) is 0.776. The van der Waals surface area contributed by atoms with Crippen molar-refractivity contribution in [2.24, 2.45) is 5.73 Å². The molecule has 0 aliphatic carbocycles. The number of nitrogens with zero attached hydrogens (tertiary/aromatic N) is 1. The minimum Gasteiger partial charge on any atom is -0.336 e. The molecule has 1 saturated heterocycles. The van der Waals surface area contributed by atoms with Crippen molar-refractivity contribution in [1.29, 1.82) is 0 Å². The molecule has 0 saturated carbocycles. The summed E-state index contributed by atoms with van der Waals surface area (Å²) >= 11 is 0. The van der Waals surface area contributed by atoms with Crippen molar-refractivity contribution in [3.8, 4) is 0 Å². The predicted octanol–water partition coefficient (Wildman–Crippen LogP) is 2.59. The van der Waals surface area contributed by atoms with E-state index in [0.717, 1.165) is 25.8 Å². The van der Waals surface area contributed by atoms with Gasteiger partial charge in [0.2, 0.25) is 0 Å². The molecule has 3 amide bonds. The Morgan fingerprint density at radius 1 is 1.25 bits per heavy atom. The van der Waals surface area contributed by atoms with Gasteiger partial charge in [-0.2, -0.15) is 0 Å². The van der Waals surface area contributed by atoms with Crippen LogP contribution in [0.1, 0.15) is 43.5 Å². The van der Waals surface area contributed by atoms with Gasteiger partial charge in [0.15, 0.2) is 0 Å². The van der Waals surface area contributed by atoms with Crippen LogP contribution >= 0.6 is 12.4 Å². The smallest absolute Gasteiger partial charge is 0.319 e. The molecule has 24 heavy (non-hydrogen) atoms. The third-order valence-electron chi connectivity index (χ3n) is 3.97. The van der Waals surface area contributed by atoms with Gasteiger partial charge in [-0.3, -0.25) is 4.79 Å². The number of rotatable bonds is 4. The van der Waals surface area contributed by atoms with Crippen molar-refractivity contribution >= 4 is 30.0 Å². The molecule has 134 valence electrons. The summed E-state index contributed by atoms with van der Waals surface area (Å²) in [6.07, 6.45) is 3.12. The van der Waals surface area contributed by atoms with Crippen molar-refractivity contribution in [1.82, 2.24) is 10.2 Å². The van der Waals surface area contributed by atoms with Crippen LogP contribution in [0.25, 0.3) is 0 Å². The van der Waals surface area contributed by atoms with Crippen molar-refractivity contribution in [3.05, 3.63) is 29.8 Å². The molecule has 4 N–H and O–H groups in total. The summed E-state index contributed by atoms with van der Waals surface area (Å²) in [4.78, 5) is 26.2. The molecule has 1 aliphatic rings. The van der Waals surface area contributed by atoms with Crippen LogP contribution in [0, 0.1) is 0 Å². The maximum atomic E-state index is 12.6. The van der Waals surface area contributed by atoms with E-state index in [1.807, 2.05) is 18.7 Å². The number of hydrogen-bond donors (Lipinski definition) is 3. The highest BCUT2D eigenvalue weighted by Crippen LogP contribution is 2.20. The van der Waals surface area contributed by atoms with E-state index in [-0.39, 0.29) is 36.4 Å². The van der Waals surface area contributed by atoms with Crippen LogP contribution in [0.4, 0.5) is 10.5 Å². The van der Waals surface area contributed by atoms with E-state index in [1.54, 1.807) is 24.3 Å². The summed E-state index contributed by atoms with van der Waals surface area (Å²) in [5.41, 5.74) is 7.07. The van der Waals surface area contributed by atoms with E-state index in [0.29, 0.717) is 17.8 Å². The standard InChI is InChI=1S/C17H26N4O2.ClH/c1-12(2)19-17(23)20-14-8-6-13(7-9-14)16(22)21-10-4-3-5-15(21)11-18;/h6-9,12,15H,3-5,10-11,18H2,1-2H3,(H2,19,20,23);1H. The number of anilines is 1. The highest BCUT2D eigenvalue weighted by atomic mass is 35.5. The first-order valence-corrected chi connectivity index (χ1v) is 8.20. The Kier molecular flexibility index (Phi) is 8.01. The lowest BCUT2D eigenvalue weighted by atomic mass is 10.0. The second-order valence-corrected chi connectivity index (χ2v) is 6.21. The van der Waals surface area contributed by atoms with Gasteiger partial charge < -0.3 is 21.3 Å². The van der Waals surface area contributed by atoms with Gasteiger partial charge in [-0.05, 0) is 57.4 Å². The molecule has 1 atom stereocenters. The van der Waals surface area contributed by atoms with E-state index < -0.39 is 0 Å². The molecule has 0 bridgehead atoms. The number of likely N-dealkylation sites (tertiary alicyclic amines) is 1. The van der Waals surface area contributed by atoms with Gasteiger partial charge in [0.1, 0.15) is 0 Å². The first-order valence-electron chi connectivity index (χ1n) is 8.20. The van der Waals surface area contributed by atoms with Gasteiger partial charge in [-0.15, -0.1) is 12.4 Å². The Labute approximate surface area is 149 Å². The van der Waals surface area contributed by atoms with Crippen molar-refractivity contribution < 1.29 is 9.59 Å². The number of hydrogen-bond acceptors (Lipinski definition) is 3. The molecule has 1 aromatic carbocycles. The lowest BCUT2D eigenvalue weighted by Crippen LogP contribution is -2.47. The van der Waals surface area contributed by atoms with E-state index >= 15 is 0 Å². The maximum absolute atomic E-state index is 12.6. The van der Waals surface area contributed by atoms with E-state index in [2.05, 4.69) is 10.6 Å². The fourth-order valence-corrected chi connectivity index (χ4v) is 2.80. The van der Waals surface area contributed by atoms with Crippen LogP contribution < -0.4 is 16.4 Å². The van der Waals surface area contributed by atoms with Gasteiger partial charge >= 0.3 is 6.03 Å². The SMILES string of the molecule is CC(C)NC(=O)Nc1ccc(C(=O)N2CCCCC2CN)cc1.Cl. The topological polar surface area (TPSA) is 87.5 Å². The molecule has 1 aromatic rings. The second kappa shape index (κ2) is 9.49. The van der Waals surface area contributed by atoms with E-state index in [4.69, 9.17) is 5.73 Å². The van der Waals surface area contributed by atoms with Crippen LogP contribution in [-0.4, -0.2) is 42.0 Å². The molecule has 1 heterocycles. The van der Waals surface area contributed by atoms with Crippen molar-refractivity contribution in [3.63, 3.8) is 0 Å². The number of carbonyl (C=O) groups is 2. The zero-order chi connectivity index (χ0) is 16.8. The van der Waals surface area contributed by atoms with Crippen LogP contribution in [0.2, 0.25) is 0 Å². The number of piperidine rings is 1. The summed E-state index contributed by atoms with van der Waals surface area (Å²) in [7, 11) is 0. The highest BCUT2D eigenvalue weighted by molar-refractivity contribution is 5.95. The van der Waals surface area contributed by atoms with Crippen molar-refractivity contribution in [2.75, 3.05) is 18.4 Å². The zero-order valence-electron chi connectivity index (χ0n) is 14.2. The number of nitrogens with two attached hydrogens (primary N) is 1. The average molecular weight is 355 g/mol. The molecule has 0 aromatic heterocycles. The summed E-state index contributed by atoms with van der Waals surface area (Å²) in [6, 6.07) is 6.93. The molecule has 1 unspecified atom stereocenters. The average Bonchev–Trinajstić information content (AvgIpc) is 2.54. The largest absolute Gasteiger partial charge is 0.336 e. The number of nitrogens with one attached hydrogen (secondary N) is 2. The molecule has 0 radical (unpaired) electrons. The fraction of sp³-hybridized carbons (Fsp3) is 0.529. The molecule has 1 fully saturated rings. The number of benzene rings is 1. The normalized spacial score (nSPS) is 17.2. The van der Waals surface area contributed by atoms with E-state index in [1.165, 1.54) is 0 Å². The van der Waals surface area contributed by atoms with Gasteiger partial charge in [-0.1, -0.05) is 0 Å². The Bertz CT molecular complexity index is 548. The molecule has 6 nitrogen and oxygen atoms in total. The van der Waals surface area contributed by atoms with Gasteiger partial charge in [0.25, 0.3) is 5.91 Å². The van der Waals surface area contributed by atoms with Crippen molar-refractivity contribution in [2.45, 2.75) is 45.2 Å². The fourth-order valence-electron chi connectivity index (χ4n) is 2.80. The van der Waals surface area contributed by atoms with Gasteiger partial charge in [0.05, 0.1) is 0 Å². The molecule has 7 heteroatoms. The van der Waals surface area contributed by atoms with Crippen LogP contribution in [0.3, 0.4) is 0 Å². The lowest BCUT2D eigenvalue weighted by Gasteiger charge is -2.35. The monoisotopic (exact) mass is 354 g/mol. The first-order chi connectivity index (χ1) is 11.0. The maximum Gasteiger partial charge on any atom is 0.319 e. The zero-order valence-corrected chi connectivity index (χ0v) is 15.1. The summed E-state index contributed by atoms with van der Waals surface area (Å²) in [5, 5.41) is 5.50. The Hall–Kier alpha value is -1.79. The number of carbonyl (C=O) groups excluding carboxylic acids is 2. The molecule has 0 spiro atoms. The molecule has 2 rings (SSSR count). The lowest BCUT2D eigenvalue weighted by molar-refractivity contribution is 0.0623. The molecule has 1 aliphatic heterocycles. The highest BCUT2D eigenvalue weighted by Gasteiger charge is 2.26. The van der Waals surface area contributed by atoms with Crippen LogP contribution in [0.15, 0.2) is 24.3 Å². The summed E-state index contributed by atoms with van der Waals surface area (Å²) in [5.74, 6) is 0.0123. The Morgan fingerprint density at radius 3 is 2.50 bits per heavy atom. The second-order valence-electron chi connectivity index (χ2n) is 6.21. The third-order valence-corrected chi connectivity index (χ3v) is 3.97. The Balaban J connectivity index is 0.00000288. The summed E-state index contributed by atoms with van der Waals surface area (Å²) < 4.78 is 0. The predicted molar refractivity (Wildman–Crippen MR) is 98.7 cm³/mol. The van der Waals surface area contributed by atoms with Gasteiger partial charge in [-0.25, -0.2) is 4.79 Å². The third kappa shape index (κ3) is 5.39. The number of amides is 3. The van der Waals surface area contributed by atoms with Crippen LogP contribution in [-0.2, 0) is 0 Å². The Morgan fingerprint density at radius 2 is 1.92 bits per heavy atom. The molecular formula is C17H27ClN4O2. The molecular weight excluding hydrogens is 328 g/mol. The van der Waals surface area contributed by atoms with Crippen LogP contribution in [0.5, 0.6) is 0 Å². The first kappa shape index (κ1) is 20.3.